The number of carbonyl (C=O) groups is 1. The Hall–Kier alpha value is -0.950. The molecule has 1 unspecified atom stereocenters. The lowest BCUT2D eigenvalue weighted by molar-refractivity contribution is -0.144. The maximum absolute atomic E-state index is 12.4. The summed E-state index contributed by atoms with van der Waals surface area (Å²) in [6, 6.07) is -0.460. The molecular formula is C10H18FNO4S. The van der Waals surface area contributed by atoms with Gasteiger partial charge in [-0.2, -0.15) is 4.39 Å². The highest BCUT2D eigenvalue weighted by Crippen LogP contribution is 2.21. The monoisotopic (exact) mass is 267 g/mol. The Bertz CT molecular complexity index is 403. The van der Waals surface area contributed by atoms with Crippen LogP contribution in [0.1, 0.15) is 20.8 Å². The van der Waals surface area contributed by atoms with Gasteiger partial charge in [0.15, 0.2) is 0 Å². The van der Waals surface area contributed by atoms with Crippen LogP contribution in [0.5, 0.6) is 0 Å². The van der Waals surface area contributed by atoms with Crippen LogP contribution in [0, 0.1) is 5.41 Å². The highest BCUT2D eigenvalue weighted by atomic mass is 32.2. The molecule has 0 aliphatic carbocycles. The molecule has 0 bridgehead atoms. The number of halogens is 1. The summed E-state index contributed by atoms with van der Waals surface area (Å²) < 4.78 is 41.5. The largest absolute Gasteiger partial charge is 0.460 e. The number of sulfonamides is 1. The molecule has 0 spiro atoms. The summed E-state index contributed by atoms with van der Waals surface area (Å²) in [6.45, 7) is 7.73. The topological polar surface area (TPSA) is 72.5 Å². The second-order valence-electron chi connectivity index (χ2n) is 4.58. The van der Waals surface area contributed by atoms with Crippen molar-refractivity contribution in [3.8, 4) is 0 Å². The fraction of sp³-hybridized carbons (Fsp3) is 0.700. The van der Waals surface area contributed by atoms with Crippen LogP contribution in [0.4, 0.5) is 4.39 Å². The summed E-state index contributed by atoms with van der Waals surface area (Å²) >= 11 is 0. The molecule has 5 nitrogen and oxygen atoms in total. The highest BCUT2D eigenvalue weighted by Gasteiger charge is 2.30. The molecule has 0 aliphatic heterocycles. The van der Waals surface area contributed by atoms with E-state index in [4.69, 9.17) is 0 Å². The summed E-state index contributed by atoms with van der Waals surface area (Å²) in [7, 11) is -3.34. The van der Waals surface area contributed by atoms with Crippen molar-refractivity contribution in [2.24, 2.45) is 5.41 Å². The van der Waals surface area contributed by atoms with E-state index in [1.807, 2.05) is 0 Å². The first-order chi connectivity index (χ1) is 7.46. The van der Waals surface area contributed by atoms with E-state index in [9.17, 15) is 17.6 Å². The van der Waals surface area contributed by atoms with Gasteiger partial charge in [-0.3, -0.25) is 0 Å². The lowest BCUT2D eigenvalue weighted by atomic mass is 9.87. The first-order valence-corrected chi connectivity index (χ1v) is 6.83. The van der Waals surface area contributed by atoms with Gasteiger partial charge in [-0.25, -0.2) is 17.9 Å². The number of hydrogen-bond acceptors (Lipinski definition) is 4. The van der Waals surface area contributed by atoms with Gasteiger partial charge in [0.1, 0.15) is 0 Å². The quantitative estimate of drug-likeness (QED) is 0.575. The molecule has 0 radical (unpaired) electrons. The van der Waals surface area contributed by atoms with E-state index in [-0.39, 0.29) is 6.61 Å². The average molecular weight is 267 g/mol. The third kappa shape index (κ3) is 6.38. The molecule has 0 aromatic heterocycles. The van der Waals surface area contributed by atoms with Crippen molar-refractivity contribution in [1.82, 2.24) is 4.72 Å². The Morgan fingerprint density at radius 1 is 1.53 bits per heavy atom. The van der Waals surface area contributed by atoms with Crippen molar-refractivity contribution in [2.75, 3.05) is 12.9 Å². The smallest absolute Gasteiger partial charge is 0.366 e. The summed E-state index contributed by atoms with van der Waals surface area (Å²) in [6.07, 6.45) is 1.04. The van der Waals surface area contributed by atoms with Gasteiger partial charge in [0.25, 0.3) is 0 Å². The second kappa shape index (κ2) is 5.59. The molecule has 7 heteroatoms. The molecule has 17 heavy (non-hydrogen) atoms. The molecule has 0 saturated carbocycles. The van der Waals surface area contributed by atoms with Crippen LogP contribution in [-0.4, -0.2) is 33.3 Å². The predicted molar refractivity (Wildman–Crippen MR) is 62.4 cm³/mol. The maximum atomic E-state index is 12.4. The normalized spacial score (nSPS) is 14.2. The number of hydrogen-bond donors (Lipinski definition) is 1. The molecule has 0 saturated heterocycles. The van der Waals surface area contributed by atoms with Gasteiger partial charge < -0.3 is 4.74 Å². The molecule has 0 rings (SSSR count). The molecule has 0 aromatic carbocycles. The third-order valence-electron chi connectivity index (χ3n) is 2.36. The summed E-state index contributed by atoms with van der Waals surface area (Å²) in [4.78, 5) is 10.9. The first-order valence-electron chi connectivity index (χ1n) is 4.94. The Kier molecular flexibility index (Phi) is 5.28. The molecule has 0 aliphatic rings. The zero-order chi connectivity index (χ0) is 13.9. The Labute approximate surface area is 101 Å². The van der Waals surface area contributed by atoms with Gasteiger partial charge in [-0.05, 0) is 6.92 Å². The second-order valence-corrected chi connectivity index (χ2v) is 6.36. The number of carbonyl (C=O) groups excluding carboxylic acids is 1. The molecular weight excluding hydrogens is 249 g/mol. The zero-order valence-corrected chi connectivity index (χ0v) is 11.2. The van der Waals surface area contributed by atoms with E-state index >= 15 is 0 Å². The number of rotatable bonds is 6. The summed E-state index contributed by atoms with van der Waals surface area (Å²) in [5.74, 6) is -2.31. The number of ether oxygens (including phenoxy) is 1. The fourth-order valence-corrected chi connectivity index (χ4v) is 1.90. The van der Waals surface area contributed by atoms with E-state index in [2.05, 4.69) is 16.0 Å². The molecule has 100 valence electrons. The van der Waals surface area contributed by atoms with Gasteiger partial charge in [-0.15, -0.1) is 0 Å². The minimum Gasteiger partial charge on any atom is -0.460 e. The SMILES string of the molecule is C=C(F)C(=O)OCC(C)(C)C(C)NS(C)(=O)=O. The molecule has 0 heterocycles. The Balaban J connectivity index is 4.47. The average Bonchev–Trinajstić information content (AvgIpc) is 2.11. The van der Waals surface area contributed by atoms with E-state index in [1.54, 1.807) is 20.8 Å². The van der Waals surface area contributed by atoms with Crippen LogP contribution in [0.2, 0.25) is 0 Å². The highest BCUT2D eigenvalue weighted by molar-refractivity contribution is 7.88. The fourth-order valence-electron chi connectivity index (χ4n) is 0.935. The van der Waals surface area contributed by atoms with Gasteiger partial charge in [0.2, 0.25) is 15.9 Å². The summed E-state index contributed by atoms with van der Waals surface area (Å²) in [5, 5.41) is 0. The van der Waals surface area contributed by atoms with Crippen LogP contribution >= 0.6 is 0 Å². The van der Waals surface area contributed by atoms with Crippen molar-refractivity contribution in [3.05, 3.63) is 12.4 Å². The summed E-state index contributed by atoms with van der Waals surface area (Å²) in [5.41, 5.74) is -0.659. The predicted octanol–water partition coefficient (Wildman–Crippen LogP) is 0.977. The first kappa shape index (κ1) is 16.1. The zero-order valence-electron chi connectivity index (χ0n) is 10.4. The van der Waals surface area contributed by atoms with E-state index in [0.717, 1.165) is 6.26 Å². The van der Waals surface area contributed by atoms with Gasteiger partial charge in [0, 0.05) is 11.5 Å². The van der Waals surface area contributed by atoms with Crippen LogP contribution in [0.15, 0.2) is 12.4 Å². The molecule has 1 N–H and O–H groups in total. The Morgan fingerprint density at radius 3 is 2.35 bits per heavy atom. The maximum Gasteiger partial charge on any atom is 0.366 e. The minimum absolute atomic E-state index is 0.113. The molecule has 0 aromatic rings. The van der Waals surface area contributed by atoms with Gasteiger partial charge in [-0.1, -0.05) is 20.4 Å². The molecule has 0 fully saturated rings. The number of esters is 1. The van der Waals surface area contributed by atoms with Crippen LogP contribution < -0.4 is 4.72 Å². The van der Waals surface area contributed by atoms with Crippen LogP contribution in [-0.2, 0) is 19.6 Å². The van der Waals surface area contributed by atoms with Crippen molar-refractivity contribution in [1.29, 1.82) is 0 Å². The standard InChI is InChI=1S/C10H18FNO4S/c1-7(11)9(13)16-6-10(3,4)8(2)12-17(5,14)15/h8,12H,1,6H2,2-5H3. The van der Waals surface area contributed by atoms with E-state index in [1.165, 1.54) is 0 Å². The van der Waals surface area contributed by atoms with Gasteiger partial charge >= 0.3 is 5.97 Å². The molecule has 0 amide bonds. The minimum atomic E-state index is -3.34. The van der Waals surface area contributed by atoms with Gasteiger partial charge in [0.05, 0.1) is 12.9 Å². The van der Waals surface area contributed by atoms with Crippen molar-refractivity contribution >= 4 is 16.0 Å². The number of nitrogens with one attached hydrogen (secondary N) is 1. The lowest BCUT2D eigenvalue weighted by Crippen LogP contribution is -2.45. The third-order valence-corrected chi connectivity index (χ3v) is 3.14. The van der Waals surface area contributed by atoms with Crippen molar-refractivity contribution in [2.45, 2.75) is 26.8 Å². The van der Waals surface area contributed by atoms with Crippen molar-refractivity contribution in [3.63, 3.8) is 0 Å². The van der Waals surface area contributed by atoms with Crippen LogP contribution in [0.3, 0.4) is 0 Å². The Morgan fingerprint density at radius 2 is 2.00 bits per heavy atom. The van der Waals surface area contributed by atoms with E-state index < -0.39 is 33.3 Å². The van der Waals surface area contributed by atoms with Crippen LogP contribution in [0.25, 0.3) is 0 Å². The lowest BCUT2D eigenvalue weighted by Gasteiger charge is -2.31. The van der Waals surface area contributed by atoms with E-state index in [0.29, 0.717) is 0 Å². The molecule has 1 atom stereocenters. The van der Waals surface area contributed by atoms with Crippen molar-refractivity contribution < 1.29 is 22.3 Å².